The van der Waals surface area contributed by atoms with Gasteiger partial charge in [0.25, 0.3) is 0 Å². The fourth-order valence-electron chi connectivity index (χ4n) is 2.06. The van der Waals surface area contributed by atoms with Gasteiger partial charge >= 0.3 is 12.0 Å². The van der Waals surface area contributed by atoms with Crippen LogP contribution in [0.1, 0.15) is 12.8 Å². The van der Waals surface area contributed by atoms with E-state index < -0.39 is 0 Å². The Morgan fingerprint density at radius 1 is 1.22 bits per heavy atom. The molecule has 1 aliphatic rings. The van der Waals surface area contributed by atoms with Crippen molar-refractivity contribution in [3.8, 4) is 12.0 Å². The van der Waals surface area contributed by atoms with E-state index in [1.165, 1.54) is 14.2 Å². The van der Waals surface area contributed by atoms with E-state index in [4.69, 9.17) is 21.1 Å². The summed E-state index contributed by atoms with van der Waals surface area (Å²) in [5.41, 5.74) is 0. The lowest BCUT2D eigenvalue weighted by atomic mass is 10.1. The van der Waals surface area contributed by atoms with E-state index in [0.717, 1.165) is 25.9 Å². The SMILES string of the molecule is COc1nc(OC)nc(N2CCC(CCCl)C2)n1. The van der Waals surface area contributed by atoms with Gasteiger partial charge in [0.05, 0.1) is 14.2 Å². The maximum atomic E-state index is 5.77. The Bertz CT molecular complexity index is 382. The van der Waals surface area contributed by atoms with E-state index in [1.54, 1.807) is 0 Å². The molecule has 0 N–H and O–H groups in total. The number of alkyl halides is 1. The lowest BCUT2D eigenvalue weighted by Crippen LogP contribution is -2.23. The van der Waals surface area contributed by atoms with Gasteiger partial charge in [-0.25, -0.2) is 0 Å². The average molecular weight is 273 g/mol. The van der Waals surface area contributed by atoms with E-state index in [9.17, 15) is 0 Å². The Morgan fingerprint density at radius 3 is 2.44 bits per heavy atom. The van der Waals surface area contributed by atoms with Crippen LogP contribution in [0.3, 0.4) is 0 Å². The molecule has 1 fully saturated rings. The van der Waals surface area contributed by atoms with Gasteiger partial charge in [0.2, 0.25) is 5.95 Å². The maximum absolute atomic E-state index is 5.77. The molecule has 7 heteroatoms. The molecule has 2 rings (SSSR count). The lowest BCUT2D eigenvalue weighted by Gasteiger charge is -2.16. The van der Waals surface area contributed by atoms with Gasteiger partial charge in [-0.3, -0.25) is 0 Å². The zero-order chi connectivity index (χ0) is 13.0. The summed E-state index contributed by atoms with van der Waals surface area (Å²) in [4.78, 5) is 14.6. The quantitative estimate of drug-likeness (QED) is 0.754. The van der Waals surface area contributed by atoms with Crippen LogP contribution in [-0.2, 0) is 0 Å². The Hall–Kier alpha value is -1.30. The number of rotatable bonds is 5. The van der Waals surface area contributed by atoms with E-state index in [0.29, 0.717) is 17.7 Å². The van der Waals surface area contributed by atoms with Crippen molar-refractivity contribution in [3.63, 3.8) is 0 Å². The molecule has 1 atom stereocenters. The van der Waals surface area contributed by atoms with Gasteiger partial charge in [0.15, 0.2) is 0 Å². The van der Waals surface area contributed by atoms with Crippen LogP contribution >= 0.6 is 11.6 Å². The summed E-state index contributed by atoms with van der Waals surface area (Å²) in [5, 5.41) is 0. The molecule has 0 aromatic carbocycles. The van der Waals surface area contributed by atoms with Crippen LogP contribution < -0.4 is 14.4 Å². The third-order valence-electron chi connectivity index (χ3n) is 3.03. The minimum Gasteiger partial charge on any atom is -0.467 e. The van der Waals surface area contributed by atoms with E-state index in [1.807, 2.05) is 0 Å². The second-order valence-electron chi connectivity index (χ2n) is 4.19. The molecule has 100 valence electrons. The largest absolute Gasteiger partial charge is 0.467 e. The molecule has 0 bridgehead atoms. The van der Waals surface area contributed by atoms with Crippen LogP contribution in [0.4, 0.5) is 5.95 Å². The van der Waals surface area contributed by atoms with Crippen LogP contribution in [-0.4, -0.2) is 48.1 Å². The third kappa shape index (κ3) is 2.93. The van der Waals surface area contributed by atoms with Gasteiger partial charge in [0, 0.05) is 19.0 Å². The van der Waals surface area contributed by atoms with Gasteiger partial charge in [-0.2, -0.15) is 9.97 Å². The molecule has 18 heavy (non-hydrogen) atoms. The number of hydrogen-bond donors (Lipinski definition) is 0. The fourth-order valence-corrected chi connectivity index (χ4v) is 2.36. The second-order valence-corrected chi connectivity index (χ2v) is 4.57. The standard InChI is InChI=1S/C11H17ClN4O2/c1-17-10-13-9(14-11(15-10)18-2)16-6-4-8(7-16)3-5-12/h8H,3-7H2,1-2H3. The third-order valence-corrected chi connectivity index (χ3v) is 3.25. The molecule has 1 aromatic heterocycles. The first-order valence-electron chi connectivity index (χ1n) is 5.91. The number of aromatic nitrogens is 3. The fraction of sp³-hybridized carbons (Fsp3) is 0.727. The van der Waals surface area contributed by atoms with Gasteiger partial charge in [-0.15, -0.1) is 16.6 Å². The zero-order valence-electron chi connectivity index (χ0n) is 10.6. The number of nitrogens with zero attached hydrogens (tertiary/aromatic N) is 4. The summed E-state index contributed by atoms with van der Waals surface area (Å²) in [6, 6.07) is 0.551. The minimum atomic E-state index is 0.276. The molecule has 1 unspecified atom stereocenters. The molecule has 2 heterocycles. The summed E-state index contributed by atoms with van der Waals surface area (Å²) in [6.07, 6.45) is 2.14. The molecular weight excluding hydrogens is 256 g/mol. The Kier molecular flexibility index (Phi) is 4.41. The molecular formula is C11H17ClN4O2. The molecule has 1 saturated heterocycles. The topological polar surface area (TPSA) is 60.4 Å². The van der Waals surface area contributed by atoms with Crippen LogP contribution in [0.25, 0.3) is 0 Å². The number of hydrogen-bond acceptors (Lipinski definition) is 6. The summed E-state index contributed by atoms with van der Waals surface area (Å²) in [7, 11) is 3.05. The Balaban J connectivity index is 2.13. The first-order valence-corrected chi connectivity index (χ1v) is 6.45. The van der Waals surface area contributed by atoms with Crippen molar-refractivity contribution >= 4 is 17.5 Å². The highest BCUT2D eigenvalue weighted by Crippen LogP contribution is 2.25. The average Bonchev–Trinajstić information content (AvgIpc) is 2.87. The normalized spacial score (nSPS) is 19.1. The number of methoxy groups -OCH3 is 2. The number of halogens is 1. The summed E-state index contributed by atoms with van der Waals surface area (Å²) >= 11 is 5.77. The molecule has 0 saturated carbocycles. The summed E-state index contributed by atoms with van der Waals surface area (Å²) in [6.45, 7) is 1.85. The number of anilines is 1. The lowest BCUT2D eigenvalue weighted by molar-refractivity contribution is 0.340. The first kappa shape index (κ1) is 13.1. The molecule has 0 radical (unpaired) electrons. The highest BCUT2D eigenvalue weighted by molar-refractivity contribution is 6.17. The second kappa shape index (κ2) is 6.04. The van der Waals surface area contributed by atoms with Crippen molar-refractivity contribution in [2.24, 2.45) is 5.92 Å². The molecule has 6 nitrogen and oxygen atoms in total. The predicted molar refractivity (Wildman–Crippen MR) is 68.6 cm³/mol. The molecule has 0 spiro atoms. The monoisotopic (exact) mass is 272 g/mol. The van der Waals surface area contributed by atoms with Crippen LogP contribution in [0, 0.1) is 5.92 Å². The van der Waals surface area contributed by atoms with Gasteiger partial charge in [0.1, 0.15) is 0 Å². The maximum Gasteiger partial charge on any atom is 0.324 e. The van der Waals surface area contributed by atoms with Crippen molar-refractivity contribution in [3.05, 3.63) is 0 Å². The minimum absolute atomic E-state index is 0.276. The zero-order valence-corrected chi connectivity index (χ0v) is 11.4. The number of ether oxygens (including phenoxy) is 2. The highest BCUT2D eigenvalue weighted by Gasteiger charge is 2.25. The van der Waals surface area contributed by atoms with Gasteiger partial charge in [-0.1, -0.05) is 0 Å². The van der Waals surface area contributed by atoms with Crippen molar-refractivity contribution in [1.82, 2.24) is 15.0 Å². The first-order chi connectivity index (χ1) is 8.76. The van der Waals surface area contributed by atoms with E-state index in [2.05, 4.69) is 19.9 Å². The molecule has 0 aliphatic carbocycles. The Morgan fingerprint density at radius 2 is 1.89 bits per heavy atom. The van der Waals surface area contributed by atoms with Gasteiger partial charge < -0.3 is 14.4 Å². The van der Waals surface area contributed by atoms with Crippen molar-refractivity contribution in [2.75, 3.05) is 38.1 Å². The molecule has 1 aromatic rings. The predicted octanol–water partition coefficient (Wildman–Crippen LogP) is 1.34. The summed E-state index contributed by atoms with van der Waals surface area (Å²) in [5.74, 6) is 1.91. The van der Waals surface area contributed by atoms with Gasteiger partial charge in [-0.05, 0) is 18.8 Å². The smallest absolute Gasteiger partial charge is 0.324 e. The van der Waals surface area contributed by atoms with E-state index >= 15 is 0 Å². The van der Waals surface area contributed by atoms with Crippen molar-refractivity contribution in [1.29, 1.82) is 0 Å². The highest BCUT2D eigenvalue weighted by atomic mass is 35.5. The van der Waals surface area contributed by atoms with Crippen LogP contribution in [0.5, 0.6) is 12.0 Å². The summed E-state index contributed by atoms with van der Waals surface area (Å²) < 4.78 is 10.1. The van der Waals surface area contributed by atoms with Crippen LogP contribution in [0.15, 0.2) is 0 Å². The van der Waals surface area contributed by atoms with Crippen LogP contribution in [0.2, 0.25) is 0 Å². The van der Waals surface area contributed by atoms with Crippen molar-refractivity contribution in [2.45, 2.75) is 12.8 Å². The Labute approximate surface area is 111 Å². The molecule has 1 aliphatic heterocycles. The van der Waals surface area contributed by atoms with E-state index in [-0.39, 0.29) is 12.0 Å². The van der Waals surface area contributed by atoms with Crippen molar-refractivity contribution < 1.29 is 9.47 Å². The molecule has 0 amide bonds.